The summed E-state index contributed by atoms with van der Waals surface area (Å²) in [4.78, 5) is 63.0. The predicted octanol–water partition coefficient (Wildman–Crippen LogP) is -9.79. The number of aromatic carboxylic acids is 2. The van der Waals surface area contributed by atoms with Crippen LogP contribution in [0.5, 0.6) is 0 Å². The van der Waals surface area contributed by atoms with Gasteiger partial charge in [-0.25, -0.2) is 0 Å². The maximum Gasteiger partial charge on any atom is 1.00 e. The zero-order chi connectivity index (χ0) is 20.0. The van der Waals surface area contributed by atoms with E-state index >= 15 is 0 Å². The van der Waals surface area contributed by atoms with Crippen LogP contribution in [-0.2, 0) is 0 Å². The van der Waals surface area contributed by atoms with E-state index < -0.39 is 57.7 Å². The molecule has 0 saturated heterocycles. The molecular weight excluding hydrogens is 402 g/mol. The minimum Gasteiger partial charge on any atom is -0.542 e. The van der Waals surface area contributed by atoms with Crippen LogP contribution < -0.4 is 91.7 Å². The fraction of sp³-hybridized carbons (Fsp3) is 0. The number of hydrogen-bond acceptors (Lipinski definition) is 10. The molecule has 2 aromatic heterocycles. The fourth-order valence-electron chi connectivity index (χ4n) is 1.40. The quantitative estimate of drug-likeness (QED) is 0.452. The SMILES string of the molecule is NC(=O)c1cc(=O)cc(C(=O)[O-])o1.NC(=O)c1cc(=O)cc(C(=O)[O-])o1.[Na+].[Na+]. The number of carboxylic acids is 2. The van der Waals surface area contributed by atoms with E-state index in [4.69, 9.17) is 11.5 Å². The second-order valence-corrected chi connectivity index (χ2v) is 4.35. The van der Waals surface area contributed by atoms with Gasteiger partial charge in [0.25, 0.3) is 11.8 Å². The Hall–Kier alpha value is -2.22. The van der Waals surface area contributed by atoms with Gasteiger partial charge < -0.3 is 40.1 Å². The van der Waals surface area contributed by atoms with Crippen LogP contribution >= 0.6 is 0 Å². The van der Waals surface area contributed by atoms with E-state index in [1.165, 1.54) is 0 Å². The first-order valence-corrected chi connectivity index (χ1v) is 6.34. The van der Waals surface area contributed by atoms with Crippen LogP contribution in [0.1, 0.15) is 42.2 Å². The van der Waals surface area contributed by atoms with E-state index in [0.29, 0.717) is 12.1 Å². The topological polar surface area (TPSA) is 227 Å². The molecule has 0 spiro atoms. The molecule has 0 aromatic carbocycles. The Labute approximate surface area is 199 Å². The molecule has 2 aromatic rings. The Morgan fingerprint density at radius 1 is 0.643 bits per heavy atom. The van der Waals surface area contributed by atoms with Gasteiger partial charge >= 0.3 is 59.1 Å². The third-order valence-electron chi connectivity index (χ3n) is 2.42. The Kier molecular flexibility index (Phi) is 12.3. The minimum atomic E-state index is -1.68. The summed E-state index contributed by atoms with van der Waals surface area (Å²) in [5.74, 6) is -7.85. The molecule has 0 aliphatic rings. The van der Waals surface area contributed by atoms with Gasteiger partial charge in [-0.3, -0.25) is 19.2 Å². The van der Waals surface area contributed by atoms with E-state index in [1.54, 1.807) is 0 Å². The summed E-state index contributed by atoms with van der Waals surface area (Å²) in [5, 5.41) is 20.5. The Balaban J connectivity index is 0. The normalized spacial score (nSPS) is 8.86. The standard InChI is InChI=1S/2C7H5NO5.2Na/c2*8-6(10)4-1-3(9)2-5(13-4)7(11)12;;/h2*1-2H,(H2,8,10)(H,11,12);;/q;;2*+1/p-2. The number of primary amides is 2. The smallest absolute Gasteiger partial charge is 0.542 e. The van der Waals surface area contributed by atoms with Gasteiger partial charge in [0, 0.05) is 24.3 Å². The van der Waals surface area contributed by atoms with Crippen LogP contribution in [0.3, 0.4) is 0 Å². The van der Waals surface area contributed by atoms with Crippen molar-refractivity contribution >= 4 is 23.8 Å². The van der Waals surface area contributed by atoms with Gasteiger partial charge in [0.15, 0.2) is 33.9 Å². The molecular formula is C14H8N2Na2O10. The summed E-state index contributed by atoms with van der Waals surface area (Å²) in [7, 11) is 0. The van der Waals surface area contributed by atoms with Gasteiger partial charge in [-0.05, 0) is 0 Å². The van der Waals surface area contributed by atoms with Crippen LogP contribution in [0.15, 0.2) is 42.7 Å². The van der Waals surface area contributed by atoms with Crippen molar-refractivity contribution in [2.24, 2.45) is 11.5 Å². The van der Waals surface area contributed by atoms with Crippen LogP contribution in [0.2, 0.25) is 0 Å². The van der Waals surface area contributed by atoms with Crippen molar-refractivity contribution in [1.29, 1.82) is 0 Å². The molecule has 2 heterocycles. The molecule has 14 heteroatoms. The van der Waals surface area contributed by atoms with E-state index in [2.05, 4.69) is 8.83 Å². The zero-order valence-corrected chi connectivity index (χ0v) is 18.5. The van der Waals surface area contributed by atoms with Gasteiger partial charge in [0.2, 0.25) is 0 Å². The van der Waals surface area contributed by atoms with Crippen LogP contribution in [0.4, 0.5) is 0 Å². The second kappa shape index (κ2) is 12.3. The summed E-state index contributed by atoms with van der Waals surface area (Å²) in [6.07, 6.45) is 0. The number of carbonyl (C=O) groups excluding carboxylic acids is 4. The second-order valence-electron chi connectivity index (χ2n) is 4.35. The Bertz CT molecular complexity index is 860. The van der Waals surface area contributed by atoms with Gasteiger partial charge in [-0.15, -0.1) is 0 Å². The number of carbonyl (C=O) groups is 4. The van der Waals surface area contributed by atoms with Crippen molar-refractivity contribution in [2.75, 3.05) is 0 Å². The maximum absolute atomic E-state index is 10.8. The van der Waals surface area contributed by atoms with Crippen LogP contribution in [0, 0.1) is 0 Å². The molecule has 0 atom stereocenters. The summed E-state index contributed by atoms with van der Waals surface area (Å²) >= 11 is 0. The van der Waals surface area contributed by atoms with Gasteiger partial charge in [-0.2, -0.15) is 0 Å². The molecule has 136 valence electrons. The van der Waals surface area contributed by atoms with Crippen LogP contribution in [0.25, 0.3) is 0 Å². The maximum atomic E-state index is 10.8. The number of amides is 2. The third-order valence-corrected chi connectivity index (χ3v) is 2.42. The van der Waals surface area contributed by atoms with Gasteiger partial charge in [0.1, 0.15) is 11.9 Å². The summed E-state index contributed by atoms with van der Waals surface area (Å²) in [5.41, 5.74) is 8.17. The molecule has 2 rings (SSSR count). The molecule has 28 heavy (non-hydrogen) atoms. The number of hydrogen-bond donors (Lipinski definition) is 2. The minimum absolute atomic E-state index is 0. The fourth-order valence-corrected chi connectivity index (χ4v) is 1.40. The Morgan fingerprint density at radius 2 is 0.893 bits per heavy atom. The van der Waals surface area contributed by atoms with Gasteiger partial charge in [-0.1, -0.05) is 0 Å². The first-order valence-electron chi connectivity index (χ1n) is 6.34. The summed E-state index contributed by atoms with van der Waals surface area (Å²) < 4.78 is 8.89. The number of nitrogens with two attached hydrogens (primary N) is 2. The first kappa shape index (κ1) is 28.0. The molecule has 0 radical (unpaired) electrons. The van der Waals surface area contributed by atoms with E-state index in [9.17, 15) is 39.0 Å². The monoisotopic (exact) mass is 410 g/mol. The van der Waals surface area contributed by atoms with E-state index in [-0.39, 0.29) is 59.1 Å². The molecule has 0 unspecified atom stereocenters. The van der Waals surface area contributed by atoms with Crippen molar-refractivity contribution in [2.45, 2.75) is 0 Å². The average Bonchev–Trinajstić information content (AvgIpc) is 2.54. The average molecular weight is 410 g/mol. The van der Waals surface area contributed by atoms with Crippen LogP contribution in [-0.4, -0.2) is 23.8 Å². The van der Waals surface area contributed by atoms with Gasteiger partial charge in [0.05, 0.1) is 0 Å². The van der Waals surface area contributed by atoms with E-state index in [0.717, 1.165) is 12.1 Å². The molecule has 12 nitrogen and oxygen atoms in total. The molecule has 4 N–H and O–H groups in total. The molecule has 0 saturated carbocycles. The Morgan fingerprint density at radius 3 is 1.11 bits per heavy atom. The largest absolute Gasteiger partial charge is 1.00 e. The predicted molar refractivity (Wildman–Crippen MR) is 75.7 cm³/mol. The molecule has 2 amide bonds. The third kappa shape index (κ3) is 8.65. The molecule has 0 aliphatic carbocycles. The van der Waals surface area contributed by atoms with Crippen molar-refractivity contribution in [3.8, 4) is 0 Å². The van der Waals surface area contributed by atoms with Crippen molar-refractivity contribution in [3.63, 3.8) is 0 Å². The van der Waals surface area contributed by atoms with Crippen molar-refractivity contribution < 1.29 is 97.3 Å². The molecule has 0 bridgehead atoms. The number of carboxylic acid groups (broad SMARTS) is 2. The summed E-state index contributed by atoms with van der Waals surface area (Å²) in [6.45, 7) is 0. The van der Waals surface area contributed by atoms with Crippen molar-refractivity contribution in [1.82, 2.24) is 0 Å². The first-order chi connectivity index (χ1) is 12.0. The number of rotatable bonds is 4. The molecule has 0 aliphatic heterocycles. The zero-order valence-electron chi connectivity index (χ0n) is 14.5. The van der Waals surface area contributed by atoms with E-state index in [1.807, 2.05) is 0 Å². The summed E-state index contributed by atoms with van der Waals surface area (Å²) in [6, 6.07) is 2.99. The van der Waals surface area contributed by atoms with Crippen molar-refractivity contribution in [3.05, 3.63) is 67.8 Å². The molecule has 0 fully saturated rings.